The van der Waals surface area contributed by atoms with E-state index in [2.05, 4.69) is 5.32 Å². The lowest BCUT2D eigenvalue weighted by molar-refractivity contribution is -0.143. The summed E-state index contributed by atoms with van der Waals surface area (Å²) >= 11 is 5.96. The van der Waals surface area contributed by atoms with E-state index in [1.54, 1.807) is 36.7 Å². The normalized spacial score (nSPS) is 12.6. The maximum absolute atomic E-state index is 12.0. The van der Waals surface area contributed by atoms with Crippen molar-refractivity contribution in [3.8, 4) is 0 Å². The van der Waals surface area contributed by atoms with Crippen LogP contribution in [0, 0.1) is 5.92 Å². The molecule has 5 nitrogen and oxygen atoms in total. The molecule has 1 aromatic heterocycles. The van der Waals surface area contributed by atoms with Crippen molar-refractivity contribution in [1.82, 2.24) is 9.88 Å². The van der Waals surface area contributed by atoms with Crippen LogP contribution in [0.25, 0.3) is 10.9 Å². The number of amides is 1. The number of hydrogen-bond acceptors (Lipinski definition) is 2. The van der Waals surface area contributed by atoms with Gasteiger partial charge in [0.25, 0.3) is 0 Å². The van der Waals surface area contributed by atoms with Crippen molar-refractivity contribution >= 4 is 34.4 Å². The van der Waals surface area contributed by atoms with Crippen LogP contribution in [0.4, 0.5) is 0 Å². The highest BCUT2D eigenvalue weighted by atomic mass is 35.5. The van der Waals surface area contributed by atoms with Gasteiger partial charge in [-0.3, -0.25) is 4.79 Å². The number of carbonyl (C=O) groups is 2. The molecule has 6 heteroatoms. The Bertz CT molecular complexity index is 679. The van der Waals surface area contributed by atoms with E-state index in [0.29, 0.717) is 5.02 Å². The van der Waals surface area contributed by atoms with Gasteiger partial charge in [0.15, 0.2) is 0 Å². The van der Waals surface area contributed by atoms with Gasteiger partial charge in [0.05, 0.1) is 0 Å². The maximum Gasteiger partial charge on any atom is 0.326 e. The van der Waals surface area contributed by atoms with Crippen molar-refractivity contribution in [2.24, 2.45) is 5.92 Å². The first kappa shape index (κ1) is 15.4. The van der Waals surface area contributed by atoms with E-state index in [9.17, 15) is 9.59 Å². The van der Waals surface area contributed by atoms with Crippen LogP contribution in [0.5, 0.6) is 0 Å². The van der Waals surface area contributed by atoms with Crippen molar-refractivity contribution < 1.29 is 14.7 Å². The van der Waals surface area contributed by atoms with E-state index in [1.807, 2.05) is 12.1 Å². The number of aliphatic carboxylic acids is 1. The summed E-state index contributed by atoms with van der Waals surface area (Å²) in [5.74, 6) is -1.55. The quantitative estimate of drug-likeness (QED) is 0.891. The third kappa shape index (κ3) is 3.55. The molecular weight excluding hydrogens is 292 g/mol. The molecule has 0 saturated carbocycles. The predicted octanol–water partition coefficient (Wildman–Crippen LogP) is 2.52. The maximum atomic E-state index is 12.0. The van der Waals surface area contributed by atoms with Gasteiger partial charge in [0.1, 0.15) is 12.6 Å². The van der Waals surface area contributed by atoms with Crippen LogP contribution >= 0.6 is 11.6 Å². The predicted molar refractivity (Wildman–Crippen MR) is 81.4 cm³/mol. The van der Waals surface area contributed by atoms with Crippen LogP contribution < -0.4 is 5.32 Å². The van der Waals surface area contributed by atoms with Gasteiger partial charge < -0.3 is 15.0 Å². The van der Waals surface area contributed by atoms with Gasteiger partial charge in [-0.2, -0.15) is 0 Å². The fraction of sp³-hybridized carbons (Fsp3) is 0.333. The van der Waals surface area contributed by atoms with Crippen LogP contribution in [0.1, 0.15) is 13.8 Å². The summed E-state index contributed by atoms with van der Waals surface area (Å²) in [6.45, 7) is 3.56. The summed E-state index contributed by atoms with van der Waals surface area (Å²) < 4.78 is 1.75. The first-order valence-corrected chi connectivity index (χ1v) is 7.03. The lowest BCUT2D eigenvalue weighted by Gasteiger charge is -2.18. The lowest BCUT2D eigenvalue weighted by Crippen LogP contribution is -2.45. The van der Waals surface area contributed by atoms with Crippen LogP contribution in [-0.2, 0) is 16.1 Å². The van der Waals surface area contributed by atoms with Crippen molar-refractivity contribution in [2.75, 3.05) is 0 Å². The van der Waals surface area contributed by atoms with Gasteiger partial charge in [0.2, 0.25) is 5.91 Å². The fourth-order valence-electron chi connectivity index (χ4n) is 2.18. The first-order valence-electron chi connectivity index (χ1n) is 6.65. The van der Waals surface area contributed by atoms with Crippen molar-refractivity contribution in [3.05, 3.63) is 35.5 Å². The third-order valence-electron chi connectivity index (χ3n) is 3.30. The SMILES string of the molecule is CC(C)[C@H](NC(=O)Cn1ccc2ccc(Cl)cc21)C(=O)O. The summed E-state index contributed by atoms with van der Waals surface area (Å²) in [4.78, 5) is 23.1. The Morgan fingerprint density at radius 3 is 2.67 bits per heavy atom. The Labute approximate surface area is 127 Å². The van der Waals surface area contributed by atoms with Gasteiger partial charge in [-0.05, 0) is 29.5 Å². The Kier molecular flexibility index (Phi) is 4.53. The number of nitrogens with zero attached hydrogens (tertiary/aromatic N) is 1. The van der Waals surface area contributed by atoms with Gasteiger partial charge in [-0.15, -0.1) is 0 Å². The molecule has 0 spiro atoms. The number of carbonyl (C=O) groups excluding carboxylic acids is 1. The van der Waals surface area contributed by atoms with E-state index in [4.69, 9.17) is 16.7 Å². The smallest absolute Gasteiger partial charge is 0.326 e. The van der Waals surface area contributed by atoms with Gasteiger partial charge in [-0.1, -0.05) is 31.5 Å². The molecule has 0 aliphatic carbocycles. The number of rotatable bonds is 5. The minimum Gasteiger partial charge on any atom is -0.480 e. The zero-order valence-electron chi connectivity index (χ0n) is 11.8. The molecule has 0 bridgehead atoms. The molecule has 0 unspecified atom stereocenters. The molecule has 1 aromatic carbocycles. The van der Waals surface area contributed by atoms with Crippen molar-refractivity contribution in [2.45, 2.75) is 26.4 Å². The number of fused-ring (bicyclic) bond motifs is 1. The number of benzene rings is 1. The average molecular weight is 309 g/mol. The fourth-order valence-corrected chi connectivity index (χ4v) is 2.35. The van der Waals surface area contributed by atoms with Crippen molar-refractivity contribution in [1.29, 1.82) is 0 Å². The highest BCUT2D eigenvalue weighted by molar-refractivity contribution is 6.31. The zero-order chi connectivity index (χ0) is 15.6. The van der Waals surface area contributed by atoms with Gasteiger partial charge in [0, 0.05) is 16.7 Å². The summed E-state index contributed by atoms with van der Waals surface area (Å²) in [5.41, 5.74) is 0.842. The number of nitrogens with one attached hydrogen (secondary N) is 1. The molecule has 112 valence electrons. The Morgan fingerprint density at radius 2 is 2.05 bits per heavy atom. The molecule has 2 aromatic rings. The third-order valence-corrected chi connectivity index (χ3v) is 3.53. The second-order valence-corrected chi connectivity index (χ2v) is 5.71. The highest BCUT2D eigenvalue weighted by Crippen LogP contribution is 2.20. The van der Waals surface area contributed by atoms with E-state index in [1.165, 1.54) is 0 Å². The molecule has 2 rings (SSSR count). The second-order valence-electron chi connectivity index (χ2n) is 5.27. The molecule has 21 heavy (non-hydrogen) atoms. The van der Waals surface area contributed by atoms with Gasteiger partial charge in [-0.25, -0.2) is 4.79 Å². The zero-order valence-corrected chi connectivity index (χ0v) is 12.6. The molecular formula is C15H17ClN2O3. The number of carboxylic acid groups (broad SMARTS) is 1. The Morgan fingerprint density at radius 1 is 1.33 bits per heavy atom. The minimum atomic E-state index is -1.03. The molecule has 0 aliphatic rings. The first-order chi connectivity index (χ1) is 9.88. The standard InChI is InChI=1S/C15H17ClN2O3/c1-9(2)14(15(20)21)17-13(19)8-18-6-5-10-3-4-11(16)7-12(10)18/h3-7,9,14H,8H2,1-2H3,(H,17,19)(H,20,21)/t14-/m0/s1. The largest absolute Gasteiger partial charge is 0.480 e. The number of halogens is 1. The number of hydrogen-bond donors (Lipinski definition) is 2. The van der Waals surface area contributed by atoms with Crippen molar-refractivity contribution in [3.63, 3.8) is 0 Å². The van der Waals surface area contributed by atoms with E-state index >= 15 is 0 Å². The molecule has 0 fully saturated rings. The van der Waals surface area contributed by atoms with Crippen LogP contribution in [0.3, 0.4) is 0 Å². The lowest BCUT2D eigenvalue weighted by atomic mass is 10.1. The van der Waals surface area contributed by atoms with Gasteiger partial charge >= 0.3 is 5.97 Å². The van der Waals surface area contributed by atoms with E-state index < -0.39 is 12.0 Å². The van der Waals surface area contributed by atoms with Crippen LogP contribution in [-0.4, -0.2) is 27.6 Å². The molecule has 0 aliphatic heterocycles. The molecule has 0 saturated heterocycles. The minimum absolute atomic E-state index is 0.0559. The molecule has 2 N–H and O–H groups in total. The number of carboxylic acids is 1. The van der Waals surface area contributed by atoms with E-state index in [0.717, 1.165) is 10.9 Å². The monoisotopic (exact) mass is 308 g/mol. The van der Waals surface area contributed by atoms with Crippen LogP contribution in [0.15, 0.2) is 30.5 Å². The highest BCUT2D eigenvalue weighted by Gasteiger charge is 2.23. The number of aromatic nitrogens is 1. The summed E-state index contributed by atoms with van der Waals surface area (Å²) in [6.07, 6.45) is 1.78. The summed E-state index contributed by atoms with van der Waals surface area (Å²) in [5, 5.41) is 13.2. The van der Waals surface area contributed by atoms with Crippen LogP contribution in [0.2, 0.25) is 5.02 Å². The molecule has 1 atom stereocenters. The Balaban J connectivity index is 2.14. The van der Waals surface area contributed by atoms with E-state index in [-0.39, 0.29) is 18.4 Å². The molecule has 0 radical (unpaired) electrons. The average Bonchev–Trinajstić information content (AvgIpc) is 2.78. The second kappa shape index (κ2) is 6.18. The topological polar surface area (TPSA) is 71.3 Å². The molecule has 1 amide bonds. The summed E-state index contributed by atoms with van der Waals surface area (Å²) in [7, 11) is 0. The Hall–Kier alpha value is -2.01. The summed E-state index contributed by atoms with van der Waals surface area (Å²) in [6, 6.07) is 6.44. The molecule has 1 heterocycles.